The number of halogens is 3. The number of hydrogen-bond acceptors (Lipinski definition) is 3. The molecule has 2 rings (SSSR count). The third-order valence-electron chi connectivity index (χ3n) is 3.45. The zero-order valence-electron chi connectivity index (χ0n) is 10.7. The lowest BCUT2D eigenvalue weighted by Crippen LogP contribution is -2.40. The van der Waals surface area contributed by atoms with E-state index < -0.39 is 15.8 Å². The maximum Gasteiger partial charge on any atom is 0.243 e. The van der Waals surface area contributed by atoms with Crippen LogP contribution in [0.5, 0.6) is 0 Å². The largest absolute Gasteiger partial charge is 0.330 e. The molecule has 0 heterocycles. The first-order chi connectivity index (χ1) is 8.94. The van der Waals surface area contributed by atoms with Gasteiger partial charge in [0.1, 0.15) is 10.7 Å². The maximum absolute atomic E-state index is 13.7. The average Bonchev–Trinajstić information content (AvgIpc) is 2.74. The lowest BCUT2D eigenvalue weighted by atomic mass is 10.1. The molecule has 0 aliphatic heterocycles. The van der Waals surface area contributed by atoms with E-state index in [0.717, 1.165) is 25.3 Å². The van der Waals surface area contributed by atoms with E-state index >= 15 is 0 Å². The first-order valence-corrected chi connectivity index (χ1v) is 7.97. The second-order valence-electron chi connectivity index (χ2n) is 4.73. The zero-order chi connectivity index (χ0) is 14.0. The zero-order valence-corrected chi connectivity index (χ0v) is 13.1. The number of nitrogens with two attached hydrogens (primary N) is 1. The number of rotatable bonds is 4. The lowest BCUT2D eigenvalue weighted by Gasteiger charge is -2.19. The molecule has 0 bridgehead atoms. The lowest BCUT2D eigenvalue weighted by molar-refractivity contribution is 0.451. The summed E-state index contributed by atoms with van der Waals surface area (Å²) < 4.78 is 40.5. The summed E-state index contributed by atoms with van der Waals surface area (Å²) in [5, 5.41) is 0.164. The summed E-state index contributed by atoms with van der Waals surface area (Å²) in [6.45, 7) is 0.427. The Morgan fingerprint density at radius 2 is 2.10 bits per heavy atom. The van der Waals surface area contributed by atoms with Crippen molar-refractivity contribution in [2.75, 3.05) is 6.54 Å². The van der Waals surface area contributed by atoms with E-state index in [1.165, 1.54) is 12.1 Å². The topological polar surface area (TPSA) is 72.2 Å². The minimum atomic E-state index is -3.87. The van der Waals surface area contributed by atoms with Crippen molar-refractivity contribution in [1.29, 1.82) is 0 Å². The van der Waals surface area contributed by atoms with Crippen LogP contribution in [0.15, 0.2) is 23.1 Å². The summed E-state index contributed by atoms with van der Waals surface area (Å²) >= 11 is 5.61. The predicted octanol–water partition coefficient (Wildman–Crippen LogP) is 2.31. The standard InChI is InChI=1S/C12H16ClFN2O2S.ClH/c13-9-4-5-12(10(14)6-9)19(17,18)16-11-3-1-2-8(11)7-15;/h4-6,8,11,16H,1-3,7,15H2;1H. The van der Waals surface area contributed by atoms with E-state index in [1.807, 2.05) is 0 Å². The SMILES string of the molecule is Cl.NCC1CCCC1NS(=O)(=O)c1ccc(Cl)cc1F. The van der Waals surface area contributed by atoms with Crippen molar-refractivity contribution >= 4 is 34.0 Å². The summed E-state index contributed by atoms with van der Waals surface area (Å²) in [6, 6.07) is 3.30. The van der Waals surface area contributed by atoms with Crippen molar-refractivity contribution in [2.45, 2.75) is 30.2 Å². The fraction of sp³-hybridized carbons (Fsp3) is 0.500. The first kappa shape index (κ1) is 17.7. The van der Waals surface area contributed by atoms with E-state index in [0.29, 0.717) is 6.54 Å². The van der Waals surface area contributed by atoms with Crippen LogP contribution in [-0.4, -0.2) is 21.0 Å². The van der Waals surface area contributed by atoms with Gasteiger partial charge in [0.25, 0.3) is 0 Å². The van der Waals surface area contributed by atoms with Gasteiger partial charge in [0.2, 0.25) is 10.0 Å². The molecule has 0 saturated heterocycles. The van der Waals surface area contributed by atoms with Crippen LogP contribution in [0.1, 0.15) is 19.3 Å². The second kappa shape index (κ2) is 7.04. The van der Waals surface area contributed by atoms with Crippen LogP contribution in [0.4, 0.5) is 4.39 Å². The summed E-state index contributed by atoms with van der Waals surface area (Å²) in [7, 11) is -3.87. The number of nitrogens with one attached hydrogen (secondary N) is 1. The monoisotopic (exact) mass is 342 g/mol. The molecule has 2 atom stereocenters. The van der Waals surface area contributed by atoms with Crippen molar-refractivity contribution in [3.05, 3.63) is 29.0 Å². The maximum atomic E-state index is 13.7. The van der Waals surface area contributed by atoms with Gasteiger partial charge in [0.05, 0.1) is 0 Å². The molecule has 0 spiro atoms. The highest BCUT2D eigenvalue weighted by Crippen LogP contribution is 2.27. The molecule has 0 radical (unpaired) electrons. The summed E-state index contributed by atoms with van der Waals surface area (Å²) in [5.74, 6) is -0.729. The van der Waals surface area contributed by atoms with E-state index in [2.05, 4.69) is 4.72 Å². The Morgan fingerprint density at radius 1 is 1.40 bits per heavy atom. The minimum absolute atomic E-state index is 0. The van der Waals surface area contributed by atoms with Crippen LogP contribution < -0.4 is 10.5 Å². The molecular formula is C12H17Cl2FN2O2S. The van der Waals surface area contributed by atoms with Crippen LogP contribution >= 0.6 is 24.0 Å². The van der Waals surface area contributed by atoms with Gasteiger partial charge in [-0.15, -0.1) is 12.4 Å². The fourth-order valence-corrected chi connectivity index (χ4v) is 3.99. The van der Waals surface area contributed by atoms with Gasteiger partial charge in [-0.1, -0.05) is 18.0 Å². The van der Waals surface area contributed by atoms with Crippen LogP contribution in [-0.2, 0) is 10.0 Å². The Kier molecular flexibility index (Phi) is 6.22. The van der Waals surface area contributed by atoms with Crippen LogP contribution in [0.2, 0.25) is 5.02 Å². The molecule has 1 fully saturated rings. The minimum Gasteiger partial charge on any atom is -0.330 e. The Morgan fingerprint density at radius 3 is 2.70 bits per heavy atom. The fourth-order valence-electron chi connectivity index (χ4n) is 2.43. The van der Waals surface area contributed by atoms with Gasteiger partial charge in [-0.2, -0.15) is 0 Å². The van der Waals surface area contributed by atoms with E-state index in [9.17, 15) is 12.8 Å². The highest BCUT2D eigenvalue weighted by Gasteiger charge is 2.31. The molecule has 1 saturated carbocycles. The molecule has 1 aromatic carbocycles. The smallest absolute Gasteiger partial charge is 0.243 e. The molecule has 1 aliphatic carbocycles. The number of sulfonamides is 1. The normalized spacial score (nSPS) is 22.6. The van der Waals surface area contributed by atoms with Gasteiger partial charge >= 0.3 is 0 Å². The second-order valence-corrected chi connectivity index (χ2v) is 6.85. The van der Waals surface area contributed by atoms with Gasteiger partial charge in [-0.3, -0.25) is 0 Å². The van der Waals surface area contributed by atoms with Gasteiger partial charge < -0.3 is 5.73 Å². The molecule has 1 aliphatic rings. The van der Waals surface area contributed by atoms with Gasteiger partial charge in [-0.05, 0) is 43.5 Å². The molecule has 2 unspecified atom stereocenters. The molecule has 1 aromatic rings. The molecule has 3 N–H and O–H groups in total. The average molecular weight is 343 g/mol. The van der Waals surface area contributed by atoms with E-state index in [4.69, 9.17) is 17.3 Å². The van der Waals surface area contributed by atoms with Crippen molar-refractivity contribution in [2.24, 2.45) is 11.7 Å². The van der Waals surface area contributed by atoms with Crippen molar-refractivity contribution in [1.82, 2.24) is 4.72 Å². The summed E-state index contributed by atoms with van der Waals surface area (Å²) in [6.07, 6.45) is 2.56. The van der Waals surface area contributed by atoms with E-state index in [-0.39, 0.29) is 34.3 Å². The third-order valence-corrected chi connectivity index (χ3v) is 5.21. The van der Waals surface area contributed by atoms with Gasteiger partial charge in [-0.25, -0.2) is 17.5 Å². The van der Waals surface area contributed by atoms with Crippen molar-refractivity contribution in [3.8, 4) is 0 Å². The molecule has 8 heteroatoms. The van der Waals surface area contributed by atoms with Crippen LogP contribution in [0, 0.1) is 11.7 Å². The molecular weight excluding hydrogens is 326 g/mol. The highest BCUT2D eigenvalue weighted by molar-refractivity contribution is 7.89. The number of hydrogen-bond donors (Lipinski definition) is 2. The Bertz CT molecular complexity index is 569. The molecule has 20 heavy (non-hydrogen) atoms. The van der Waals surface area contributed by atoms with Crippen LogP contribution in [0.3, 0.4) is 0 Å². The quantitative estimate of drug-likeness (QED) is 0.881. The molecule has 4 nitrogen and oxygen atoms in total. The van der Waals surface area contributed by atoms with E-state index in [1.54, 1.807) is 0 Å². The Balaban J connectivity index is 0.00000200. The molecule has 114 valence electrons. The molecule has 0 amide bonds. The molecule has 0 aromatic heterocycles. The van der Waals surface area contributed by atoms with Crippen molar-refractivity contribution in [3.63, 3.8) is 0 Å². The highest BCUT2D eigenvalue weighted by atomic mass is 35.5. The van der Waals surface area contributed by atoms with Gasteiger partial charge in [0.15, 0.2) is 0 Å². The summed E-state index contributed by atoms with van der Waals surface area (Å²) in [5.41, 5.74) is 5.61. The van der Waals surface area contributed by atoms with Crippen molar-refractivity contribution < 1.29 is 12.8 Å². The summed E-state index contributed by atoms with van der Waals surface area (Å²) in [4.78, 5) is -0.375. The predicted molar refractivity (Wildman–Crippen MR) is 79.2 cm³/mol. The number of benzene rings is 1. The Labute approximate surface area is 129 Å². The third kappa shape index (κ3) is 3.83. The Hall–Kier alpha value is -0.400. The van der Waals surface area contributed by atoms with Crippen LogP contribution in [0.25, 0.3) is 0 Å². The van der Waals surface area contributed by atoms with Gasteiger partial charge in [0, 0.05) is 11.1 Å². The first-order valence-electron chi connectivity index (χ1n) is 6.11.